The summed E-state index contributed by atoms with van der Waals surface area (Å²) >= 11 is 4.57. The topological polar surface area (TPSA) is 68.1 Å². The molecule has 0 fully saturated rings. The molecule has 9 heteroatoms. The summed E-state index contributed by atoms with van der Waals surface area (Å²) in [4.78, 5) is 38.7. The molecule has 0 saturated heterocycles. The van der Waals surface area contributed by atoms with E-state index >= 15 is 0 Å². The summed E-state index contributed by atoms with van der Waals surface area (Å²) in [7, 11) is 3.49. The first-order chi connectivity index (χ1) is 15.8. The van der Waals surface area contributed by atoms with Crippen molar-refractivity contribution >= 4 is 50.6 Å². The summed E-state index contributed by atoms with van der Waals surface area (Å²) in [5.74, 6) is 0.602. The maximum Gasteiger partial charge on any atom is 0.267 e. The van der Waals surface area contributed by atoms with E-state index in [2.05, 4.69) is 18.8 Å². The molecule has 0 saturated carbocycles. The summed E-state index contributed by atoms with van der Waals surface area (Å²) in [6, 6.07) is 7.94. The van der Waals surface area contributed by atoms with Crippen LogP contribution in [0, 0.1) is 13.8 Å². The molecule has 6 nitrogen and oxygen atoms in total. The third-order valence-corrected chi connectivity index (χ3v) is 8.27. The van der Waals surface area contributed by atoms with Crippen LogP contribution in [0.5, 0.6) is 0 Å². The average Bonchev–Trinajstić information content (AvgIpc) is 3.35. The smallest absolute Gasteiger partial charge is 0.267 e. The van der Waals surface area contributed by atoms with Crippen molar-refractivity contribution in [1.29, 1.82) is 0 Å². The molecule has 1 aromatic carbocycles. The molecule has 0 atom stereocenters. The molecule has 0 unspecified atom stereocenters. The number of likely N-dealkylation sites (N-methyl/N-ethyl adjacent to an activating group) is 1. The van der Waals surface area contributed by atoms with Crippen molar-refractivity contribution in [1.82, 2.24) is 19.4 Å². The van der Waals surface area contributed by atoms with Crippen LogP contribution in [0.2, 0.25) is 0 Å². The van der Waals surface area contributed by atoms with Crippen LogP contribution in [0.4, 0.5) is 0 Å². The lowest BCUT2D eigenvalue weighted by atomic mass is 10.1. The number of fused-ring (bicyclic) bond motifs is 1. The molecule has 3 aromatic heterocycles. The summed E-state index contributed by atoms with van der Waals surface area (Å²) < 4.78 is 1.73. The van der Waals surface area contributed by atoms with Crippen molar-refractivity contribution in [3.63, 3.8) is 0 Å². The number of thiazole rings is 1. The lowest BCUT2D eigenvalue weighted by molar-refractivity contribution is -0.127. The largest absolute Gasteiger partial charge is 0.348 e. The zero-order valence-electron chi connectivity index (χ0n) is 19.3. The molecule has 0 spiro atoms. The highest BCUT2D eigenvalue weighted by molar-refractivity contribution is 7.98. The fourth-order valence-electron chi connectivity index (χ4n) is 3.64. The number of thiophene rings is 1. The Kier molecular flexibility index (Phi) is 7.02. The van der Waals surface area contributed by atoms with Crippen molar-refractivity contribution < 1.29 is 4.79 Å². The molecule has 0 aliphatic rings. The van der Waals surface area contributed by atoms with Gasteiger partial charge in [-0.25, -0.2) is 9.97 Å². The van der Waals surface area contributed by atoms with Gasteiger partial charge in [0.2, 0.25) is 5.91 Å². The molecular weight excluding hydrogens is 472 g/mol. The van der Waals surface area contributed by atoms with Crippen LogP contribution < -0.4 is 5.56 Å². The van der Waals surface area contributed by atoms with Gasteiger partial charge in [-0.15, -0.1) is 22.7 Å². The van der Waals surface area contributed by atoms with E-state index in [0.29, 0.717) is 17.3 Å². The van der Waals surface area contributed by atoms with Gasteiger partial charge in [0.25, 0.3) is 5.56 Å². The van der Waals surface area contributed by atoms with Gasteiger partial charge in [0.1, 0.15) is 9.84 Å². The summed E-state index contributed by atoms with van der Waals surface area (Å²) in [5, 5.41) is 4.15. The predicted octanol–water partition coefficient (Wildman–Crippen LogP) is 5.01. The number of hydrogen-bond acceptors (Lipinski definition) is 7. The van der Waals surface area contributed by atoms with Crippen LogP contribution in [0.15, 0.2) is 39.6 Å². The van der Waals surface area contributed by atoms with Gasteiger partial charge >= 0.3 is 0 Å². The zero-order chi connectivity index (χ0) is 23.7. The Morgan fingerprint density at radius 3 is 2.70 bits per heavy atom. The van der Waals surface area contributed by atoms with Crippen LogP contribution in [0.1, 0.15) is 33.6 Å². The highest BCUT2D eigenvalue weighted by Gasteiger charge is 2.20. The first kappa shape index (κ1) is 23.7. The van der Waals surface area contributed by atoms with Crippen molar-refractivity contribution in [2.45, 2.75) is 44.5 Å². The zero-order valence-corrected chi connectivity index (χ0v) is 21.8. The quantitative estimate of drug-likeness (QED) is 0.265. The lowest BCUT2D eigenvalue weighted by Crippen LogP contribution is -2.23. The Hall–Kier alpha value is -2.49. The number of thioether (sulfide) groups is 1. The molecule has 4 aromatic rings. The van der Waals surface area contributed by atoms with Gasteiger partial charge in [-0.2, -0.15) is 0 Å². The second kappa shape index (κ2) is 9.79. The van der Waals surface area contributed by atoms with E-state index in [1.54, 1.807) is 34.9 Å². The molecule has 3 heterocycles. The third kappa shape index (κ3) is 4.90. The minimum Gasteiger partial charge on any atom is -0.348 e. The number of carbonyl (C=O) groups is 1. The number of amides is 1. The fraction of sp³-hybridized carbons (Fsp3) is 0.333. The maximum absolute atomic E-state index is 13.7. The van der Waals surface area contributed by atoms with Crippen LogP contribution >= 0.6 is 34.4 Å². The third-order valence-electron chi connectivity index (χ3n) is 5.36. The highest BCUT2D eigenvalue weighted by atomic mass is 32.2. The number of carbonyl (C=O) groups excluding carboxylic acids is 1. The van der Waals surface area contributed by atoms with Gasteiger partial charge in [0.05, 0.1) is 23.2 Å². The number of aromatic nitrogens is 3. The summed E-state index contributed by atoms with van der Waals surface area (Å²) in [6.45, 7) is 6.15. The van der Waals surface area contributed by atoms with Gasteiger partial charge in [-0.3, -0.25) is 14.2 Å². The van der Waals surface area contributed by atoms with E-state index in [4.69, 9.17) is 4.98 Å². The Bertz CT molecular complexity index is 1380. The minimum absolute atomic E-state index is 0.0233. The number of nitrogens with zero attached hydrogens (tertiary/aromatic N) is 4. The van der Waals surface area contributed by atoms with Crippen LogP contribution in [-0.2, 0) is 23.4 Å². The van der Waals surface area contributed by atoms with Gasteiger partial charge in [0.15, 0.2) is 5.16 Å². The summed E-state index contributed by atoms with van der Waals surface area (Å²) in [5.41, 5.74) is 3.85. The monoisotopic (exact) mass is 498 g/mol. The number of benzene rings is 1. The molecule has 4 rings (SSSR count). The van der Waals surface area contributed by atoms with E-state index in [-0.39, 0.29) is 11.5 Å². The Morgan fingerprint density at radius 1 is 1.21 bits per heavy atom. The molecule has 1 amide bonds. The lowest BCUT2D eigenvalue weighted by Gasteiger charge is -2.13. The van der Waals surface area contributed by atoms with Gasteiger partial charge in [-0.1, -0.05) is 30.8 Å². The van der Waals surface area contributed by atoms with Crippen molar-refractivity contribution in [2.24, 2.45) is 0 Å². The van der Waals surface area contributed by atoms with Crippen LogP contribution in [0.25, 0.3) is 15.9 Å². The van der Waals surface area contributed by atoms with Gasteiger partial charge in [0, 0.05) is 30.1 Å². The Balaban J connectivity index is 1.73. The Labute approximate surface area is 205 Å². The molecule has 0 aliphatic heterocycles. The van der Waals surface area contributed by atoms with Gasteiger partial charge < -0.3 is 4.90 Å². The first-order valence-corrected chi connectivity index (χ1v) is 13.3. The average molecular weight is 499 g/mol. The molecule has 0 radical (unpaired) electrons. The first-order valence-electron chi connectivity index (χ1n) is 10.7. The van der Waals surface area contributed by atoms with E-state index < -0.39 is 0 Å². The fourth-order valence-corrected chi connectivity index (χ4v) is 6.59. The Morgan fingerprint density at radius 2 is 2.00 bits per heavy atom. The van der Waals surface area contributed by atoms with Crippen LogP contribution in [0.3, 0.4) is 0 Å². The van der Waals surface area contributed by atoms with Crippen molar-refractivity contribution in [3.05, 3.63) is 66.7 Å². The molecule has 0 bridgehead atoms. The molecule has 0 aliphatic carbocycles. The summed E-state index contributed by atoms with van der Waals surface area (Å²) in [6.07, 6.45) is 1.10. The van der Waals surface area contributed by atoms with Crippen molar-refractivity contribution in [3.8, 4) is 5.69 Å². The minimum atomic E-state index is -0.0233. The van der Waals surface area contributed by atoms with E-state index in [1.807, 2.05) is 36.6 Å². The van der Waals surface area contributed by atoms with Crippen LogP contribution in [-0.4, -0.2) is 39.4 Å². The number of rotatable bonds is 7. The van der Waals surface area contributed by atoms with Gasteiger partial charge in [-0.05, 0) is 43.5 Å². The second-order valence-corrected chi connectivity index (χ2v) is 11.1. The number of aryl methyl sites for hydroxylation is 3. The number of hydrogen-bond donors (Lipinski definition) is 0. The maximum atomic E-state index is 13.7. The molecule has 172 valence electrons. The molecular formula is C24H26N4O2S3. The van der Waals surface area contributed by atoms with Crippen molar-refractivity contribution in [2.75, 3.05) is 14.1 Å². The van der Waals surface area contributed by atoms with E-state index in [0.717, 1.165) is 49.0 Å². The normalized spacial score (nSPS) is 11.3. The predicted molar refractivity (Wildman–Crippen MR) is 138 cm³/mol. The molecule has 33 heavy (non-hydrogen) atoms. The van der Waals surface area contributed by atoms with E-state index in [1.165, 1.54) is 23.1 Å². The molecule has 0 N–H and O–H groups in total. The highest BCUT2D eigenvalue weighted by Crippen LogP contribution is 2.31. The van der Waals surface area contributed by atoms with E-state index in [9.17, 15) is 9.59 Å². The SMILES string of the molecule is CCc1c(C)sc2nc(SCc3csc(CC(=O)N(C)C)n3)n(-c3cccc(C)c3)c(=O)c12. The second-order valence-electron chi connectivity index (χ2n) is 8.03. The standard InChI is InChI=1S/C24H26N4O2S3/c1-6-18-15(3)33-22-21(18)23(30)28(17-9-7-8-14(2)10-17)24(26-22)32-13-16-12-31-19(25-16)11-20(29)27(4)5/h7-10,12H,6,11,13H2,1-5H3.